The van der Waals surface area contributed by atoms with Crippen molar-refractivity contribution >= 4 is 0 Å². The van der Waals surface area contributed by atoms with Crippen LogP contribution in [0.2, 0.25) is 0 Å². The Labute approximate surface area is 103 Å². The van der Waals surface area contributed by atoms with Gasteiger partial charge < -0.3 is 4.74 Å². The summed E-state index contributed by atoms with van der Waals surface area (Å²) in [6.07, 6.45) is 0. The fourth-order valence-electron chi connectivity index (χ4n) is 2.24. The van der Waals surface area contributed by atoms with Crippen molar-refractivity contribution in [1.82, 2.24) is 0 Å². The Kier molecular flexibility index (Phi) is 2.81. The predicted octanol–water partition coefficient (Wildman–Crippen LogP) is 3.25. The topological polar surface area (TPSA) is 27.7 Å². The maximum atomic E-state index is 5.69. The van der Waals surface area contributed by atoms with Gasteiger partial charge in [0.2, 0.25) is 5.79 Å². The molecule has 94 valence electrons. The molecule has 3 nitrogen and oxygen atoms in total. The van der Waals surface area contributed by atoms with Gasteiger partial charge >= 0.3 is 0 Å². The van der Waals surface area contributed by atoms with Gasteiger partial charge in [0.15, 0.2) is 0 Å². The van der Waals surface area contributed by atoms with Gasteiger partial charge in [0.25, 0.3) is 0 Å². The Balaban J connectivity index is 2.54. The van der Waals surface area contributed by atoms with Crippen LogP contribution >= 0.6 is 0 Å². The van der Waals surface area contributed by atoms with Crippen molar-refractivity contribution in [1.29, 1.82) is 0 Å². The maximum Gasteiger partial charge on any atom is 0.235 e. The number of ether oxygens (including phenoxy) is 1. The van der Waals surface area contributed by atoms with E-state index in [1.807, 2.05) is 44.2 Å². The van der Waals surface area contributed by atoms with Crippen molar-refractivity contribution in [2.75, 3.05) is 7.11 Å². The van der Waals surface area contributed by atoms with Crippen LogP contribution < -0.4 is 0 Å². The summed E-state index contributed by atoms with van der Waals surface area (Å²) in [6, 6.07) is 9.91. The van der Waals surface area contributed by atoms with Crippen molar-refractivity contribution in [3.05, 3.63) is 35.9 Å². The molecule has 1 aliphatic rings. The first kappa shape index (κ1) is 12.6. The minimum Gasteiger partial charge on any atom is -0.347 e. The average Bonchev–Trinajstić information content (AvgIpc) is 2.49. The lowest BCUT2D eigenvalue weighted by Crippen LogP contribution is -2.48. The van der Waals surface area contributed by atoms with Crippen LogP contribution in [0.1, 0.15) is 33.3 Å². The Morgan fingerprint density at radius 2 is 1.53 bits per heavy atom. The zero-order valence-corrected chi connectivity index (χ0v) is 11.1. The van der Waals surface area contributed by atoms with E-state index in [9.17, 15) is 0 Å². The molecule has 1 unspecified atom stereocenters. The normalized spacial score (nSPS) is 30.4. The van der Waals surface area contributed by atoms with E-state index in [1.165, 1.54) is 0 Å². The number of methoxy groups -OCH3 is 1. The first-order valence-corrected chi connectivity index (χ1v) is 5.85. The smallest absolute Gasteiger partial charge is 0.235 e. The van der Waals surface area contributed by atoms with Crippen LogP contribution in [0, 0.1) is 5.41 Å². The largest absolute Gasteiger partial charge is 0.347 e. The maximum absolute atomic E-state index is 5.69. The molecule has 0 saturated carbocycles. The van der Waals surface area contributed by atoms with E-state index in [0.29, 0.717) is 0 Å². The molecule has 2 rings (SSSR count). The van der Waals surface area contributed by atoms with Gasteiger partial charge in [0, 0.05) is 12.7 Å². The van der Waals surface area contributed by atoms with Gasteiger partial charge in [-0.3, -0.25) is 0 Å². The highest BCUT2D eigenvalue weighted by molar-refractivity contribution is 5.25. The quantitative estimate of drug-likeness (QED) is 0.738. The fourth-order valence-corrected chi connectivity index (χ4v) is 2.24. The Bertz CT molecular complexity index is 397. The molecule has 3 heteroatoms. The lowest BCUT2D eigenvalue weighted by atomic mass is 9.69. The monoisotopic (exact) mass is 236 g/mol. The molecule has 1 aromatic rings. The molecule has 1 fully saturated rings. The van der Waals surface area contributed by atoms with Crippen LogP contribution in [-0.4, -0.2) is 12.7 Å². The minimum atomic E-state index is -0.863. The zero-order valence-electron chi connectivity index (χ0n) is 11.1. The minimum absolute atomic E-state index is 0.309. The van der Waals surface area contributed by atoms with E-state index < -0.39 is 11.4 Å². The van der Waals surface area contributed by atoms with Gasteiger partial charge in [-0.15, -0.1) is 0 Å². The average molecular weight is 236 g/mol. The molecule has 1 heterocycles. The number of hydrogen-bond donors (Lipinski definition) is 0. The van der Waals surface area contributed by atoms with Gasteiger partial charge in [0.05, 0.1) is 5.41 Å². The van der Waals surface area contributed by atoms with Crippen LogP contribution in [-0.2, 0) is 20.3 Å². The third-order valence-corrected chi connectivity index (χ3v) is 4.14. The standard InChI is InChI=1S/C14H20O3/c1-12(2)13(3,4)16-17-14(12,15-5)11-9-7-6-8-10-11/h6-10H,1-5H3. The second-order valence-electron chi connectivity index (χ2n) is 5.49. The van der Waals surface area contributed by atoms with E-state index in [0.717, 1.165) is 5.56 Å². The summed E-state index contributed by atoms with van der Waals surface area (Å²) in [4.78, 5) is 11.1. The van der Waals surface area contributed by atoms with E-state index in [4.69, 9.17) is 14.5 Å². The molecular weight excluding hydrogens is 216 g/mol. The molecule has 0 aliphatic carbocycles. The van der Waals surface area contributed by atoms with Gasteiger partial charge in [-0.2, -0.15) is 4.89 Å². The van der Waals surface area contributed by atoms with Gasteiger partial charge in [-0.25, -0.2) is 4.89 Å². The molecule has 0 N–H and O–H groups in total. The molecule has 0 amide bonds. The van der Waals surface area contributed by atoms with Gasteiger partial charge in [-0.05, 0) is 13.8 Å². The lowest BCUT2D eigenvalue weighted by Gasteiger charge is -2.40. The summed E-state index contributed by atoms with van der Waals surface area (Å²) in [5.41, 5.74) is 0.243. The van der Waals surface area contributed by atoms with E-state index in [1.54, 1.807) is 7.11 Å². The molecule has 1 saturated heterocycles. The first-order valence-electron chi connectivity index (χ1n) is 5.85. The number of rotatable bonds is 2. The number of benzene rings is 1. The summed E-state index contributed by atoms with van der Waals surface area (Å²) in [7, 11) is 1.65. The van der Waals surface area contributed by atoms with Crippen LogP contribution in [0.5, 0.6) is 0 Å². The third-order valence-electron chi connectivity index (χ3n) is 4.14. The number of hydrogen-bond acceptors (Lipinski definition) is 3. The zero-order chi connectivity index (χ0) is 12.7. The summed E-state index contributed by atoms with van der Waals surface area (Å²) in [5, 5.41) is 0. The van der Waals surface area contributed by atoms with Crippen molar-refractivity contribution in [2.24, 2.45) is 5.41 Å². The highest BCUT2D eigenvalue weighted by Gasteiger charge is 2.64. The summed E-state index contributed by atoms with van der Waals surface area (Å²) < 4.78 is 5.69. The van der Waals surface area contributed by atoms with E-state index >= 15 is 0 Å². The molecule has 17 heavy (non-hydrogen) atoms. The third kappa shape index (κ3) is 1.53. The molecule has 0 radical (unpaired) electrons. The second kappa shape index (κ2) is 3.80. The van der Waals surface area contributed by atoms with Gasteiger partial charge in [-0.1, -0.05) is 44.2 Å². The fraction of sp³-hybridized carbons (Fsp3) is 0.571. The summed E-state index contributed by atoms with van der Waals surface area (Å²) in [6.45, 7) is 8.21. The molecule has 0 aromatic heterocycles. The highest BCUT2D eigenvalue weighted by atomic mass is 17.2. The van der Waals surface area contributed by atoms with Crippen molar-refractivity contribution in [3.8, 4) is 0 Å². The Hall–Kier alpha value is -0.900. The second-order valence-corrected chi connectivity index (χ2v) is 5.49. The van der Waals surface area contributed by atoms with E-state index in [2.05, 4.69) is 13.8 Å². The summed E-state index contributed by atoms with van der Waals surface area (Å²) in [5.74, 6) is -0.863. The molecular formula is C14H20O3. The van der Waals surface area contributed by atoms with Crippen molar-refractivity contribution in [3.63, 3.8) is 0 Å². The summed E-state index contributed by atoms with van der Waals surface area (Å²) >= 11 is 0. The Morgan fingerprint density at radius 1 is 0.941 bits per heavy atom. The first-order chi connectivity index (χ1) is 7.87. The predicted molar refractivity (Wildman–Crippen MR) is 65.2 cm³/mol. The lowest BCUT2D eigenvalue weighted by molar-refractivity contribution is -0.405. The van der Waals surface area contributed by atoms with Crippen molar-refractivity contribution in [2.45, 2.75) is 39.1 Å². The molecule has 1 aromatic carbocycles. The van der Waals surface area contributed by atoms with E-state index in [-0.39, 0.29) is 5.41 Å². The van der Waals surface area contributed by atoms with Crippen molar-refractivity contribution < 1.29 is 14.5 Å². The molecule has 0 bridgehead atoms. The van der Waals surface area contributed by atoms with Crippen LogP contribution in [0.25, 0.3) is 0 Å². The SMILES string of the molecule is COC1(c2ccccc2)OOC(C)(C)C1(C)C. The van der Waals surface area contributed by atoms with Crippen LogP contribution in [0.15, 0.2) is 30.3 Å². The molecule has 1 aliphatic heterocycles. The van der Waals surface area contributed by atoms with Crippen LogP contribution in [0.3, 0.4) is 0 Å². The highest BCUT2D eigenvalue weighted by Crippen LogP contribution is 2.56. The van der Waals surface area contributed by atoms with Crippen LogP contribution in [0.4, 0.5) is 0 Å². The van der Waals surface area contributed by atoms with Gasteiger partial charge in [0.1, 0.15) is 5.60 Å². The molecule has 1 atom stereocenters. The Morgan fingerprint density at radius 3 is 1.94 bits per heavy atom. The molecule has 0 spiro atoms.